The molecule has 13 aromatic carbocycles. The molecule has 10 heteroatoms. The lowest BCUT2D eigenvalue weighted by Crippen LogP contribution is -2.67. The first-order valence-corrected chi connectivity index (χ1v) is 33.7. The van der Waals surface area contributed by atoms with Gasteiger partial charge in [-0.3, -0.25) is 0 Å². The summed E-state index contributed by atoms with van der Waals surface area (Å²) in [6, 6.07) is 95.2. The Balaban J connectivity index is 1.04. The van der Waals surface area contributed by atoms with Crippen molar-refractivity contribution in [2.75, 3.05) is 24.5 Å². The average Bonchev–Trinajstić information content (AvgIpc) is 0.669. The van der Waals surface area contributed by atoms with Crippen LogP contribution in [0.5, 0.6) is 23.0 Å². The summed E-state index contributed by atoms with van der Waals surface area (Å²) in [7, 11) is 0. The number of anilines is 15. The summed E-state index contributed by atoms with van der Waals surface area (Å²) < 4.78 is 16.1. The van der Waals surface area contributed by atoms with E-state index in [0.29, 0.717) is 0 Å². The molecule has 13 aromatic rings. The average molecular weight is 1230 g/mol. The fourth-order valence-corrected chi connectivity index (χ4v) is 17.5. The van der Waals surface area contributed by atoms with Gasteiger partial charge in [0.1, 0.15) is 23.0 Å². The number of hydrogen-bond acceptors (Lipinski definition) is 7. The predicted octanol–water partition coefficient (Wildman–Crippen LogP) is 16.5. The number of fused-ring (bicyclic) bond motifs is 14. The van der Waals surface area contributed by atoms with Crippen LogP contribution < -0.4 is 83.1 Å². The van der Waals surface area contributed by atoms with Crippen LogP contribution in [0.1, 0.15) is 44.5 Å². The highest BCUT2D eigenvalue weighted by atomic mass is 16.5. The Bertz CT molecular complexity index is 5090. The molecule has 0 N–H and O–H groups in total. The lowest BCUT2D eigenvalue weighted by Gasteiger charge is -2.50. The fourth-order valence-electron chi connectivity index (χ4n) is 17.5. The van der Waals surface area contributed by atoms with Gasteiger partial charge in [0.25, 0.3) is 20.1 Å². The topological polar surface area (TPSA) is 34.7 Å². The Kier molecular flexibility index (Phi) is 12.3. The van der Waals surface area contributed by atoms with Gasteiger partial charge in [-0.1, -0.05) is 158 Å². The molecule has 0 radical (unpaired) electrons. The highest BCUT2D eigenvalue weighted by Crippen LogP contribution is 2.55. The van der Waals surface area contributed by atoms with Crippen molar-refractivity contribution in [2.45, 2.75) is 55.4 Å². The molecule has 0 fully saturated rings. The summed E-state index contributed by atoms with van der Waals surface area (Å²) in [4.78, 5) is 12.8. The molecule has 0 saturated heterocycles. The molecule has 0 unspecified atom stereocenters. The number of nitrogens with zero attached hydrogens (tertiary/aromatic N) is 5. The van der Waals surface area contributed by atoms with E-state index in [1.807, 2.05) is 0 Å². The van der Waals surface area contributed by atoms with Gasteiger partial charge in [-0.05, 0) is 246 Å². The zero-order valence-corrected chi connectivity index (χ0v) is 55.0. The van der Waals surface area contributed by atoms with Gasteiger partial charge in [0.15, 0.2) is 0 Å². The third-order valence-corrected chi connectivity index (χ3v) is 21.0. The van der Waals surface area contributed by atoms with E-state index in [1.54, 1.807) is 0 Å². The van der Waals surface area contributed by atoms with Crippen molar-refractivity contribution in [2.24, 2.45) is 0 Å². The van der Waals surface area contributed by atoms with Crippen LogP contribution in [0.25, 0.3) is 0 Å². The van der Waals surface area contributed by atoms with E-state index >= 15 is 0 Å². The molecular weight excluding hydrogens is 1170 g/mol. The van der Waals surface area contributed by atoms with Crippen molar-refractivity contribution in [3.05, 3.63) is 299 Å². The van der Waals surface area contributed by atoms with E-state index in [-0.39, 0.29) is 13.4 Å². The minimum atomic E-state index is -0.479. The Hall–Kier alpha value is -11.3. The second-order valence-corrected chi connectivity index (χ2v) is 27.3. The molecular formula is C86H66B3N5O2. The number of benzene rings is 13. The highest BCUT2D eigenvalue weighted by molar-refractivity contribution is 7.05. The van der Waals surface area contributed by atoms with Crippen LogP contribution in [-0.4, -0.2) is 20.1 Å². The van der Waals surface area contributed by atoms with Crippen molar-refractivity contribution in [1.29, 1.82) is 0 Å². The maximum Gasteiger partial charge on any atom is 0.261 e. The van der Waals surface area contributed by atoms with Gasteiger partial charge in [-0.2, -0.15) is 0 Å². The second-order valence-electron chi connectivity index (χ2n) is 27.3. The summed E-state index contributed by atoms with van der Waals surface area (Å²) in [5.74, 6) is 3.46. The van der Waals surface area contributed by atoms with Crippen molar-refractivity contribution < 1.29 is 9.47 Å². The first-order valence-electron chi connectivity index (χ1n) is 33.7. The lowest BCUT2D eigenvalue weighted by molar-refractivity contribution is 0.490. The number of rotatable bonds is 7. The zero-order chi connectivity index (χ0) is 64.5. The summed E-state index contributed by atoms with van der Waals surface area (Å²) in [5, 5.41) is 0. The Morgan fingerprint density at radius 1 is 0.260 bits per heavy atom. The molecule has 0 aliphatic carbocycles. The van der Waals surface area contributed by atoms with E-state index in [9.17, 15) is 0 Å². The van der Waals surface area contributed by atoms with Crippen LogP contribution >= 0.6 is 0 Å². The molecule has 6 aliphatic heterocycles. The van der Waals surface area contributed by atoms with Gasteiger partial charge in [-0.25, -0.2) is 0 Å². The van der Waals surface area contributed by atoms with E-state index in [0.717, 1.165) is 163 Å². The second kappa shape index (κ2) is 21.1. The highest BCUT2D eigenvalue weighted by Gasteiger charge is 2.55. The fraction of sp³-hybridized carbons (Fsp3) is 0.0930. The van der Waals surface area contributed by atoms with Crippen LogP contribution in [0.3, 0.4) is 0 Å². The summed E-state index contributed by atoms with van der Waals surface area (Å²) in [6.07, 6.45) is 0. The van der Waals surface area contributed by atoms with Gasteiger partial charge in [0.2, 0.25) is 0 Å². The minimum absolute atomic E-state index is 0.169. The maximum atomic E-state index is 8.06. The van der Waals surface area contributed by atoms with Crippen LogP contribution in [-0.2, 0) is 0 Å². The first kappa shape index (κ1) is 56.2. The molecule has 0 bridgehead atoms. The molecule has 6 aliphatic rings. The molecule has 0 amide bonds. The molecule has 6 heterocycles. The maximum absolute atomic E-state index is 8.06. The third-order valence-electron chi connectivity index (χ3n) is 21.0. The molecule has 0 atom stereocenters. The molecule has 19 rings (SSSR count). The summed E-state index contributed by atoms with van der Waals surface area (Å²) in [5.41, 5.74) is 36.2. The van der Waals surface area contributed by atoms with Crippen molar-refractivity contribution in [3.63, 3.8) is 0 Å². The zero-order valence-electron chi connectivity index (χ0n) is 55.0. The molecule has 7 nitrogen and oxygen atoms in total. The molecule has 0 spiro atoms. The van der Waals surface area contributed by atoms with Crippen molar-refractivity contribution in [1.82, 2.24) is 0 Å². The number of para-hydroxylation sites is 8. The van der Waals surface area contributed by atoms with Crippen LogP contribution in [0.4, 0.5) is 85.3 Å². The van der Waals surface area contributed by atoms with Gasteiger partial charge >= 0.3 is 0 Å². The van der Waals surface area contributed by atoms with Crippen molar-refractivity contribution >= 4 is 155 Å². The van der Waals surface area contributed by atoms with E-state index in [2.05, 4.69) is 335 Å². The predicted molar refractivity (Wildman–Crippen MR) is 405 cm³/mol. The van der Waals surface area contributed by atoms with Gasteiger partial charge in [-0.15, -0.1) is 0 Å². The Morgan fingerprint density at radius 2 is 0.594 bits per heavy atom. The summed E-state index contributed by atoms with van der Waals surface area (Å²) in [6.45, 7) is 17.2. The van der Waals surface area contributed by atoms with Gasteiger partial charge in [0.05, 0.1) is 17.1 Å². The monoisotopic (exact) mass is 1230 g/mol. The van der Waals surface area contributed by atoms with E-state index < -0.39 is 6.71 Å². The lowest BCUT2D eigenvalue weighted by atomic mass is 9.28. The molecule has 456 valence electrons. The van der Waals surface area contributed by atoms with Crippen LogP contribution in [0, 0.1) is 55.4 Å². The quantitative estimate of drug-likeness (QED) is 0.147. The normalized spacial score (nSPS) is 13.6. The SMILES string of the molecule is Cc1cc(C)cc(N2c3ccccc3B3c4ccccc4Oc4c3c2cc2c4B3c4c(cc(N(c5ccccc5)c5ccccc5)cc4N(c4c(C)cccc4C)c4cc5c6c(c43)Oc3ccccc3B6c3ccccc3N5c3cc(C)cc(C)c3)N2c2c(C)cccc2C)c1. The Morgan fingerprint density at radius 3 is 1.00 bits per heavy atom. The minimum Gasteiger partial charge on any atom is -0.459 e. The first-order chi connectivity index (χ1) is 46.9. The van der Waals surface area contributed by atoms with Gasteiger partial charge < -0.3 is 34.0 Å². The number of aryl methyl sites for hydroxylation is 8. The number of ether oxygens (including phenoxy) is 2. The van der Waals surface area contributed by atoms with E-state index in [4.69, 9.17) is 9.47 Å². The smallest absolute Gasteiger partial charge is 0.261 e. The van der Waals surface area contributed by atoms with E-state index in [1.165, 1.54) is 38.6 Å². The molecule has 0 aromatic heterocycles. The number of hydrogen-bond donors (Lipinski definition) is 0. The molecule has 0 saturated carbocycles. The standard InChI is InChI=1S/C86H66B3N5O2/c1-51-41-52(2)44-61(43-51)91-68-37-19-15-33-64(68)87-66-35-17-21-39-76(66)95-85-79(87)72(91)49-74-81(85)89-78-70(93(74)83-55(5)25-23-26-56(83)6)47-63(90(59-29-11-9-12-30-59)60-31-13-10-14-32-60)48-71(78)94(84-57(7)27-24-28-58(84)8)75-50-73-80-86(82(75)89)96-77-40-22-18-36-67(77)88(80)65-34-16-20-38-69(65)92(73)62-45-53(3)42-54(4)46-62/h9-50H,1-8H3. The van der Waals surface area contributed by atoms with Crippen LogP contribution in [0.2, 0.25) is 0 Å². The van der Waals surface area contributed by atoms with Gasteiger partial charge in [0, 0.05) is 68.2 Å². The Labute approximate surface area is 562 Å². The van der Waals surface area contributed by atoms with Crippen molar-refractivity contribution in [3.8, 4) is 23.0 Å². The largest absolute Gasteiger partial charge is 0.459 e. The summed E-state index contributed by atoms with van der Waals surface area (Å²) >= 11 is 0. The molecule has 96 heavy (non-hydrogen) atoms. The van der Waals surface area contributed by atoms with Crippen LogP contribution in [0.15, 0.2) is 255 Å². The third kappa shape index (κ3) is 8.11.